The van der Waals surface area contributed by atoms with E-state index in [1.54, 1.807) is 25.2 Å². The molecular formula is C25H39NO5. The van der Waals surface area contributed by atoms with Crippen LogP contribution in [0.25, 0.3) is 0 Å². The number of hydrogen-bond acceptors (Lipinski definition) is 5. The number of allylic oxidation sites excluding steroid dienone is 2. The third-order valence-electron chi connectivity index (χ3n) is 5.84. The average molecular weight is 434 g/mol. The van der Waals surface area contributed by atoms with Gasteiger partial charge in [-0.05, 0) is 32.3 Å². The molecule has 6 heteroatoms. The van der Waals surface area contributed by atoms with Crippen molar-refractivity contribution in [1.29, 1.82) is 0 Å². The summed E-state index contributed by atoms with van der Waals surface area (Å²) in [6, 6.07) is 0. The van der Waals surface area contributed by atoms with E-state index in [4.69, 9.17) is 9.47 Å². The van der Waals surface area contributed by atoms with E-state index >= 15 is 0 Å². The van der Waals surface area contributed by atoms with E-state index in [-0.39, 0.29) is 12.1 Å². The number of epoxide rings is 1. The van der Waals surface area contributed by atoms with E-state index in [0.29, 0.717) is 18.6 Å². The SMILES string of the molecule is CCCCCCCCC1OC1C/C=C/C=C\C(O)CC(=O)NC1=CC(C)(CC)OC1=O. The maximum atomic E-state index is 12.0. The van der Waals surface area contributed by atoms with E-state index in [9.17, 15) is 14.7 Å². The number of carbonyl (C=O) groups excluding carboxylic acids is 2. The highest BCUT2D eigenvalue weighted by Gasteiger charge is 2.36. The Balaban J connectivity index is 1.56. The molecule has 2 N–H and O–H groups in total. The van der Waals surface area contributed by atoms with Gasteiger partial charge in [-0.3, -0.25) is 4.79 Å². The minimum Gasteiger partial charge on any atom is -0.450 e. The Morgan fingerprint density at radius 2 is 1.94 bits per heavy atom. The van der Waals surface area contributed by atoms with Crippen LogP contribution in [0.2, 0.25) is 0 Å². The highest BCUT2D eigenvalue weighted by atomic mass is 16.6. The first-order valence-electron chi connectivity index (χ1n) is 11.8. The molecule has 0 radical (unpaired) electrons. The fourth-order valence-electron chi connectivity index (χ4n) is 3.63. The van der Waals surface area contributed by atoms with Gasteiger partial charge in [0.25, 0.3) is 0 Å². The number of amides is 1. The zero-order valence-corrected chi connectivity index (χ0v) is 19.3. The second-order valence-electron chi connectivity index (χ2n) is 8.75. The van der Waals surface area contributed by atoms with Gasteiger partial charge in [0.05, 0.1) is 24.7 Å². The normalized spacial score (nSPS) is 26.3. The number of cyclic esters (lactones) is 1. The summed E-state index contributed by atoms with van der Waals surface area (Å²) in [6.45, 7) is 5.93. The highest BCUT2D eigenvalue weighted by molar-refractivity contribution is 5.96. The fraction of sp³-hybridized carbons (Fsp3) is 0.680. The lowest BCUT2D eigenvalue weighted by Crippen LogP contribution is -2.28. The van der Waals surface area contributed by atoms with Crippen molar-refractivity contribution in [1.82, 2.24) is 5.32 Å². The Bertz CT molecular complexity index is 683. The van der Waals surface area contributed by atoms with Crippen molar-refractivity contribution in [2.45, 2.75) is 109 Å². The van der Waals surface area contributed by atoms with Crippen LogP contribution in [0.3, 0.4) is 0 Å². The van der Waals surface area contributed by atoms with Crippen molar-refractivity contribution in [2.75, 3.05) is 0 Å². The monoisotopic (exact) mass is 433 g/mol. The van der Waals surface area contributed by atoms with Gasteiger partial charge in [0, 0.05) is 0 Å². The lowest BCUT2D eigenvalue weighted by atomic mass is 10.0. The minimum atomic E-state index is -0.919. The number of carbonyl (C=O) groups is 2. The van der Waals surface area contributed by atoms with E-state index in [1.807, 2.05) is 19.1 Å². The van der Waals surface area contributed by atoms with Gasteiger partial charge in [0.1, 0.15) is 11.3 Å². The summed E-state index contributed by atoms with van der Waals surface area (Å²) in [4.78, 5) is 23.9. The van der Waals surface area contributed by atoms with Crippen LogP contribution >= 0.6 is 0 Å². The van der Waals surface area contributed by atoms with E-state index in [0.717, 1.165) is 12.8 Å². The summed E-state index contributed by atoms with van der Waals surface area (Å²) in [5, 5.41) is 12.5. The van der Waals surface area contributed by atoms with Gasteiger partial charge in [-0.25, -0.2) is 4.79 Å². The lowest BCUT2D eigenvalue weighted by Gasteiger charge is -2.17. The Kier molecular flexibility index (Phi) is 10.5. The number of ether oxygens (including phenoxy) is 2. The Morgan fingerprint density at radius 1 is 1.19 bits per heavy atom. The van der Waals surface area contributed by atoms with Gasteiger partial charge in [0.15, 0.2) is 0 Å². The lowest BCUT2D eigenvalue weighted by molar-refractivity contribution is -0.146. The second kappa shape index (κ2) is 12.8. The molecule has 4 atom stereocenters. The van der Waals surface area contributed by atoms with Crippen LogP contribution in [0, 0.1) is 0 Å². The summed E-state index contributed by atoms with van der Waals surface area (Å²) in [5.74, 6) is -0.962. The molecule has 2 heterocycles. The molecule has 0 saturated carbocycles. The topological polar surface area (TPSA) is 88.2 Å². The predicted molar refractivity (Wildman–Crippen MR) is 121 cm³/mol. The summed E-state index contributed by atoms with van der Waals surface area (Å²) in [5.41, 5.74) is -0.535. The Hall–Kier alpha value is -1.92. The smallest absolute Gasteiger partial charge is 0.355 e. The molecule has 0 aromatic rings. The largest absolute Gasteiger partial charge is 0.450 e. The first kappa shape index (κ1) is 25.3. The fourth-order valence-corrected chi connectivity index (χ4v) is 3.63. The number of rotatable bonds is 15. The molecular weight excluding hydrogens is 394 g/mol. The Morgan fingerprint density at radius 3 is 2.65 bits per heavy atom. The van der Waals surface area contributed by atoms with E-state index < -0.39 is 23.6 Å². The number of esters is 1. The van der Waals surface area contributed by atoms with Gasteiger partial charge < -0.3 is 19.9 Å². The molecule has 31 heavy (non-hydrogen) atoms. The van der Waals surface area contributed by atoms with Gasteiger partial charge in [-0.15, -0.1) is 0 Å². The van der Waals surface area contributed by atoms with Crippen LogP contribution in [-0.4, -0.2) is 40.9 Å². The van der Waals surface area contributed by atoms with Crippen molar-refractivity contribution in [3.05, 3.63) is 36.1 Å². The number of aliphatic hydroxyl groups is 1. The summed E-state index contributed by atoms with van der Waals surface area (Å²) < 4.78 is 10.9. The quantitative estimate of drug-likeness (QED) is 0.172. The number of aliphatic hydroxyl groups excluding tert-OH is 1. The van der Waals surface area contributed by atoms with Gasteiger partial charge in [-0.1, -0.05) is 76.7 Å². The first-order valence-corrected chi connectivity index (χ1v) is 11.8. The van der Waals surface area contributed by atoms with Crippen molar-refractivity contribution in [3.63, 3.8) is 0 Å². The van der Waals surface area contributed by atoms with Crippen LogP contribution in [-0.2, 0) is 19.1 Å². The van der Waals surface area contributed by atoms with Gasteiger partial charge in [-0.2, -0.15) is 0 Å². The van der Waals surface area contributed by atoms with Gasteiger partial charge in [0.2, 0.25) is 5.91 Å². The van der Waals surface area contributed by atoms with Crippen molar-refractivity contribution in [3.8, 4) is 0 Å². The molecule has 2 aliphatic heterocycles. The summed E-state index contributed by atoms with van der Waals surface area (Å²) in [7, 11) is 0. The van der Waals surface area contributed by atoms with E-state index in [1.165, 1.54) is 38.5 Å². The van der Waals surface area contributed by atoms with Crippen molar-refractivity contribution in [2.24, 2.45) is 0 Å². The summed E-state index contributed by atoms with van der Waals surface area (Å²) in [6.07, 6.45) is 19.0. The molecule has 1 saturated heterocycles. The molecule has 4 unspecified atom stereocenters. The number of nitrogens with one attached hydrogen (secondary N) is 1. The average Bonchev–Trinajstić information content (AvgIpc) is 3.40. The number of hydrogen-bond donors (Lipinski definition) is 2. The second-order valence-corrected chi connectivity index (χ2v) is 8.75. The minimum absolute atomic E-state index is 0.121. The molecule has 0 aromatic carbocycles. The molecule has 0 aromatic heterocycles. The molecule has 2 rings (SSSR count). The first-order chi connectivity index (χ1) is 14.9. The van der Waals surface area contributed by atoms with Crippen LogP contribution in [0.1, 0.15) is 85.0 Å². The molecule has 6 nitrogen and oxygen atoms in total. The molecule has 1 amide bonds. The van der Waals surface area contributed by atoms with Crippen molar-refractivity contribution < 1.29 is 24.2 Å². The maximum Gasteiger partial charge on any atom is 0.355 e. The molecule has 2 aliphatic rings. The third-order valence-corrected chi connectivity index (χ3v) is 5.84. The zero-order chi connectivity index (χ0) is 22.7. The van der Waals surface area contributed by atoms with E-state index in [2.05, 4.69) is 12.2 Å². The van der Waals surface area contributed by atoms with Crippen LogP contribution in [0.4, 0.5) is 0 Å². The van der Waals surface area contributed by atoms with Crippen molar-refractivity contribution >= 4 is 11.9 Å². The van der Waals surface area contributed by atoms with Crippen LogP contribution in [0.5, 0.6) is 0 Å². The van der Waals surface area contributed by atoms with Crippen LogP contribution in [0.15, 0.2) is 36.1 Å². The molecule has 0 aliphatic carbocycles. The summed E-state index contributed by atoms with van der Waals surface area (Å²) >= 11 is 0. The molecule has 0 spiro atoms. The molecule has 0 bridgehead atoms. The van der Waals surface area contributed by atoms with Crippen LogP contribution < -0.4 is 5.32 Å². The number of unbranched alkanes of at least 4 members (excludes halogenated alkanes) is 5. The molecule has 1 fully saturated rings. The maximum absolute atomic E-state index is 12.0. The predicted octanol–water partition coefficient (Wildman–Crippen LogP) is 4.48. The zero-order valence-electron chi connectivity index (χ0n) is 19.3. The standard InChI is InChI=1S/C25H39NO5/c1-4-6-7-8-9-12-15-21-22(30-21)16-13-10-11-14-19(27)17-23(28)26-20-18-25(3,5-2)31-24(20)29/h10-11,13-14,18-19,21-22,27H,4-9,12,15-17H2,1-3H3,(H,26,28)/b13-10+,14-11-. The Labute approximate surface area is 186 Å². The van der Waals surface area contributed by atoms with Gasteiger partial charge >= 0.3 is 5.97 Å². The highest BCUT2D eigenvalue weighted by Crippen LogP contribution is 2.30. The third kappa shape index (κ3) is 9.40. The molecule has 174 valence electrons.